The van der Waals surface area contributed by atoms with Crippen molar-refractivity contribution in [3.63, 3.8) is 0 Å². The highest BCUT2D eigenvalue weighted by Crippen LogP contribution is 2.21. The summed E-state index contributed by atoms with van der Waals surface area (Å²) < 4.78 is 6.25. The van der Waals surface area contributed by atoms with Gasteiger partial charge in [-0.1, -0.05) is 0 Å². The molecule has 1 aromatic carbocycles. The minimum absolute atomic E-state index is 0.0995. The Morgan fingerprint density at radius 2 is 2.05 bits per heavy atom. The zero-order valence-corrected chi connectivity index (χ0v) is 13.8. The summed E-state index contributed by atoms with van der Waals surface area (Å²) in [5.74, 6) is -0.284. The van der Waals surface area contributed by atoms with Crippen LogP contribution in [0.25, 0.3) is 0 Å². The van der Waals surface area contributed by atoms with Gasteiger partial charge in [0.1, 0.15) is 0 Å². The molecule has 0 aliphatic rings. The lowest BCUT2D eigenvalue weighted by Gasteiger charge is -2.09. The highest BCUT2D eigenvalue weighted by atomic mass is 79.9. The number of hydrogen-bond acceptors (Lipinski definition) is 4. The standard InChI is InChI=1S/C15H16BrNO2S/c1-10(2)19-15(18)11-3-5-13(6-4-11)17-8-14-7-12(16)9-20-14/h3-7,9-10,17H,8H2,1-2H3. The van der Waals surface area contributed by atoms with E-state index in [-0.39, 0.29) is 12.1 Å². The van der Waals surface area contributed by atoms with Gasteiger partial charge >= 0.3 is 5.97 Å². The Morgan fingerprint density at radius 1 is 1.35 bits per heavy atom. The summed E-state index contributed by atoms with van der Waals surface area (Å²) in [6.45, 7) is 4.45. The van der Waals surface area contributed by atoms with Gasteiger partial charge in [0.2, 0.25) is 0 Å². The van der Waals surface area contributed by atoms with Crippen molar-refractivity contribution in [2.45, 2.75) is 26.5 Å². The molecule has 0 saturated carbocycles. The lowest BCUT2D eigenvalue weighted by atomic mass is 10.2. The molecule has 0 aliphatic heterocycles. The van der Waals surface area contributed by atoms with E-state index in [4.69, 9.17) is 4.74 Å². The molecule has 0 fully saturated rings. The summed E-state index contributed by atoms with van der Waals surface area (Å²) in [6, 6.07) is 9.42. The summed E-state index contributed by atoms with van der Waals surface area (Å²) in [5, 5.41) is 5.38. The number of benzene rings is 1. The van der Waals surface area contributed by atoms with E-state index in [1.165, 1.54) is 4.88 Å². The van der Waals surface area contributed by atoms with Crippen molar-refractivity contribution in [3.05, 3.63) is 50.6 Å². The van der Waals surface area contributed by atoms with Crippen molar-refractivity contribution in [2.24, 2.45) is 0 Å². The van der Waals surface area contributed by atoms with Crippen LogP contribution in [0.15, 0.2) is 40.2 Å². The van der Waals surface area contributed by atoms with E-state index in [1.807, 2.05) is 26.0 Å². The van der Waals surface area contributed by atoms with Crippen molar-refractivity contribution >= 4 is 38.9 Å². The smallest absolute Gasteiger partial charge is 0.338 e. The summed E-state index contributed by atoms with van der Waals surface area (Å²) >= 11 is 5.13. The van der Waals surface area contributed by atoms with Crippen LogP contribution >= 0.6 is 27.3 Å². The predicted octanol–water partition coefficient (Wildman–Crippen LogP) is 4.69. The maximum absolute atomic E-state index is 11.7. The van der Waals surface area contributed by atoms with Gasteiger partial charge in [-0.15, -0.1) is 11.3 Å². The molecule has 0 unspecified atom stereocenters. The lowest BCUT2D eigenvalue weighted by Crippen LogP contribution is -2.11. The minimum Gasteiger partial charge on any atom is -0.459 e. The van der Waals surface area contributed by atoms with E-state index >= 15 is 0 Å². The number of rotatable bonds is 5. The Hall–Kier alpha value is -1.33. The van der Waals surface area contributed by atoms with E-state index in [2.05, 4.69) is 32.7 Å². The second kappa shape index (κ2) is 6.90. The van der Waals surface area contributed by atoms with Gasteiger partial charge in [-0.3, -0.25) is 0 Å². The molecule has 0 spiro atoms. The Bertz CT molecular complexity index is 578. The summed E-state index contributed by atoms with van der Waals surface area (Å²) in [6.07, 6.45) is -0.0995. The Labute approximate surface area is 131 Å². The van der Waals surface area contributed by atoms with Crippen LogP contribution < -0.4 is 5.32 Å². The molecule has 0 radical (unpaired) electrons. The molecule has 3 nitrogen and oxygen atoms in total. The zero-order chi connectivity index (χ0) is 14.5. The van der Waals surface area contributed by atoms with Crippen molar-refractivity contribution in [1.82, 2.24) is 0 Å². The van der Waals surface area contributed by atoms with E-state index < -0.39 is 0 Å². The minimum atomic E-state index is -0.284. The number of esters is 1. The van der Waals surface area contributed by atoms with Gasteiger partial charge in [0.15, 0.2) is 0 Å². The third-order valence-corrected chi connectivity index (χ3v) is 4.25. The molecule has 1 N–H and O–H groups in total. The molecule has 0 amide bonds. The molecule has 2 rings (SSSR count). The molecule has 0 atom stereocenters. The van der Waals surface area contributed by atoms with Gasteiger partial charge in [-0.05, 0) is 60.1 Å². The van der Waals surface area contributed by atoms with Gasteiger partial charge in [0.25, 0.3) is 0 Å². The number of anilines is 1. The fourth-order valence-corrected chi connectivity index (χ4v) is 3.03. The number of hydrogen-bond donors (Lipinski definition) is 1. The van der Waals surface area contributed by atoms with Gasteiger partial charge in [0, 0.05) is 27.0 Å². The molecular weight excluding hydrogens is 338 g/mol. The van der Waals surface area contributed by atoms with Gasteiger partial charge in [-0.2, -0.15) is 0 Å². The summed E-state index contributed by atoms with van der Waals surface area (Å²) in [5.41, 5.74) is 1.55. The van der Waals surface area contributed by atoms with Crippen LogP contribution in [0.5, 0.6) is 0 Å². The van der Waals surface area contributed by atoms with E-state index in [1.54, 1.807) is 23.5 Å². The van der Waals surface area contributed by atoms with Gasteiger partial charge in [0.05, 0.1) is 11.7 Å². The van der Waals surface area contributed by atoms with Crippen LogP contribution in [-0.2, 0) is 11.3 Å². The third-order valence-electron chi connectivity index (χ3n) is 2.55. The van der Waals surface area contributed by atoms with E-state index in [0.29, 0.717) is 5.56 Å². The zero-order valence-electron chi connectivity index (χ0n) is 11.4. The number of nitrogens with one attached hydrogen (secondary N) is 1. The topological polar surface area (TPSA) is 38.3 Å². The average molecular weight is 354 g/mol. The molecule has 1 aromatic heterocycles. The maximum atomic E-state index is 11.7. The molecule has 2 aromatic rings. The first-order valence-corrected chi connectivity index (χ1v) is 7.99. The monoisotopic (exact) mass is 353 g/mol. The highest BCUT2D eigenvalue weighted by molar-refractivity contribution is 9.10. The Morgan fingerprint density at radius 3 is 2.60 bits per heavy atom. The second-order valence-electron chi connectivity index (χ2n) is 4.62. The number of halogens is 1. The fraction of sp³-hybridized carbons (Fsp3) is 0.267. The number of ether oxygens (including phenoxy) is 1. The molecule has 1 heterocycles. The second-order valence-corrected chi connectivity index (χ2v) is 6.53. The predicted molar refractivity (Wildman–Crippen MR) is 86.3 cm³/mol. The SMILES string of the molecule is CC(C)OC(=O)c1ccc(NCc2cc(Br)cs2)cc1. The molecule has 20 heavy (non-hydrogen) atoms. The van der Waals surface area contributed by atoms with Crippen LogP contribution in [0.2, 0.25) is 0 Å². The molecule has 0 aliphatic carbocycles. The maximum Gasteiger partial charge on any atom is 0.338 e. The van der Waals surface area contributed by atoms with Crippen molar-refractivity contribution in [3.8, 4) is 0 Å². The van der Waals surface area contributed by atoms with Crippen LogP contribution in [0.4, 0.5) is 5.69 Å². The molecule has 0 bridgehead atoms. The van der Waals surface area contributed by atoms with Crippen molar-refractivity contribution in [1.29, 1.82) is 0 Å². The largest absolute Gasteiger partial charge is 0.459 e. The Kier molecular flexibility index (Phi) is 5.20. The van der Waals surface area contributed by atoms with Crippen LogP contribution in [0.3, 0.4) is 0 Å². The summed E-state index contributed by atoms with van der Waals surface area (Å²) in [4.78, 5) is 13.0. The van der Waals surface area contributed by atoms with Crippen molar-refractivity contribution in [2.75, 3.05) is 5.32 Å². The number of carbonyl (C=O) groups is 1. The highest BCUT2D eigenvalue weighted by Gasteiger charge is 2.08. The number of carbonyl (C=O) groups excluding carboxylic acids is 1. The van der Waals surface area contributed by atoms with E-state index in [9.17, 15) is 4.79 Å². The lowest BCUT2D eigenvalue weighted by molar-refractivity contribution is 0.0378. The van der Waals surface area contributed by atoms with Crippen LogP contribution in [0, 0.1) is 0 Å². The van der Waals surface area contributed by atoms with Crippen molar-refractivity contribution < 1.29 is 9.53 Å². The fourth-order valence-electron chi connectivity index (χ4n) is 1.64. The molecule has 106 valence electrons. The molecular formula is C15H16BrNO2S. The molecule has 5 heteroatoms. The van der Waals surface area contributed by atoms with E-state index in [0.717, 1.165) is 16.7 Å². The quantitative estimate of drug-likeness (QED) is 0.792. The third kappa shape index (κ3) is 4.35. The average Bonchev–Trinajstić information content (AvgIpc) is 2.82. The first-order valence-electron chi connectivity index (χ1n) is 6.32. The number of thiophene rings is 1. The first kappa shape index (κ1) is 15.1. The molecule has 0 saturated heterocycles. The van der Waals surface area contributed by atoms with Crippen LogP contribution in [-0.4, -0.2) is 12.1 Å². The van der Waals surface area contributed by atoms with Gasteiger partial charge in [-0.25, -0.2) is 4.79 Å². The summed E-state index contributed by atoms with van der Waals surface area (Å²) in [7, 11) is 0. The van der Waals surface area contributed by atoms with Crippen LogP contribution in [0.1, 0.15) is 29.1 Å². The Balaban J connectivity index is 1.93. The normalized spacial score (nSPS) is 10.6. The first-order chi connectivity index (χ1) is 9.54. The van der Waals surface area contributed by atoms with Gasteiger partial charge < -0.3 is 10.1 Å².